The minimum atomic E-state index is -4.60. The van der Waals surface area contributed by atoms with Crippen molar-refractivity contribution in [1.29, 1.82) is 5.26 Å². The van der Waals surface area contributed by atoms with E-state index in [-0.39, 0.29) is 28.3 Å². The average Bonchev–Trinajstić information content (AvgIpc) is 3.25. The van der Waals surface area contributed by atoms with Gasteiger partial charge in [0.2, 0.25) is 11.8 Å². The van der Waals surface area contributed by atoms with Crippen LogP contribution in [-0.2, 0) is 9.59 Å². The first-order chi connectivity index (χ1) is 16.7. The van der Waals surface area contributed by atoms with Crippen LogP contribution in [0.1, 0.15) is 9.27 Å². The maximum atomic E-state index is 12.8. The standard InChI is InChI=1S/C21H18ClF3N8O2.2H2/c22-12-7-13-14(9-29-18(13)28-8-12)19-27-4-2-16(31-19)33-6-5-32(17(34)1-3-26)10-15(33)20(35)30-11-21(23,24)25;;/h2,4,7-9,15H,1,5-6,10-11H2,(H,28,29)(H,30,35);2*1H/t15-;;/m1../s1. The highest BCUT2D eigenvalue weighted by molar-refractivity contribution is 6.31. The van der Waals surface area contributed by atoms with E-state index in [1.54, 1.807) is 18.3 Å². The summed E-state index contributed by atoms with van der Waals surface area (Å²) >= 11 is 6.06. The number of rotatable bonds is 5. The number of hydrogen-bond donors (Lipinski definition) is 2. The van der Waals surface area contributed by atoms with Gasteiger partial charge in [-0.2, -0.15) is 18.4 Å². The highest BCUT2D eigenvalue weighted by atomic mass is 35.5. The number of piperazine rings is 1. The lowest BCUT2D eigenvalue weighted by atomic mass is 10.1. The zero-order valence-electron chi connectivity index (χ0n) is 18.0. The molecule has 0 aliphatic carbocycles. The molecule has 3 aromatic rings. The zero-order chi connectivity index (χ0) is 25.2. The first-order valence-electron chi connectivity index (χ1n) is 10.4. The highest BCUT2D eigenvalue weighted by Gasteiger charge is 2.37. The number of nitriles is 1. The first kappa shape index (κ1) is 24.2. The number of H-pyrrole nitrogens is 1. The number of anilines is 1. The van der Waals surface area contributed by atoms with Crippen LogP contribution in [0.25, 0.3) is 22.4 Å². The molecule has 4 heterocycles. The van der Waals surface area contributed by atoms with Gasteiger partial charge >= 0.3 is 6.18 Å². The molecule has 3 aromatic heterocycles. The van der Waals surface area contributed by atoms with Gasteiger partial charge in [0.15, 0.2) is 5.82 Å². The van der Waals surface area contributed by atoms with E-state index in [2.05, 4.69) is 19.9 Å². The molecule has 1 atom stereocenters. The average molecular weight is 511 g/mol. The third-order valence-electron chi connectivity index (χ3n) is 5.40. The van der Waals surface area contributed by atoms with Crippen LogP contribution >= 0.6 is 11.6 Å². The van der Waals surface area contributed by atoms with Gasteiger partial charge in [-0.3, -0.25) is 9.59 Å². The van der Waals surface area contributed by atoms with Crippen LogP contribution in [0.3, 0.4) is 0 Å². The second kappa shape index (κ2) is 9.75. The van der Waals surface area contributed by atoms with Crippen LogP contribution in [0.5, 0.6) is 0 Å². The molecule has 0 radical (unpaired) electrons. The highest BCUT2D eigenvalue weighted by Crippen LogP contribution is 2.29. The predicted molar refractivity (Wildman–Crippen MR) is 123 cm³/mol. The number of alkyl halides is 3. The third-order valence-corrected chi connectivity index (χ3v) is 5.61. The quantitative estimate of drug-likeness (QED) is 0.539. The maximum absolute atomic E-state index is 12.8. The van der Waals surface area contributed by atoms with Crippen molar-refractivity contribution in [2.24, 2.45) is 0 Å². The van der Waals surface area contributed by atoms with Crippen molar-refractivity contribution >= 4 is 40.3 Å². The van der Waals surface area contributed by atoms with Gasteiger partial charge in [-0.15, -0.1) is 0 Å². The number of nitrogens with zero attached hydrogens (tertiary/aromatic N) is 6. The lowest BCUT2D eigenvalue weighted by molar-refractivity contribution is -0.141. The molecule has 0 aromatic carbocycles. The molecule has 0 spiro atoms. The summed E-state index contributed by atoms with van der Waals surface area (Å²) in [7, 11) is 0. The van der Waals surface area contributed by atoms with Crippen molar-refractivity contribution in [3.63, 3.8) is 0 Å². The molecule has 1 aliphatic rings. The van der Waals surface area contributed by atoms with Gasteiger partial charge in [0.25, 0.3) is 0 Å². The fourth-order valence-corrected chi connectivity index (χ4v) is 3.95. The van der Waals surface area contributed by atoms with E-state index in [9.17, 15) is 22.8 Å². The van der Waals surface area contributed by atoms with Crippen molar-refractivity contribution in [3.8, 4) is 17.5 Å². The number of aromatic nitrogens is 4. The molecule has 0 bridgehead atoms. The monoisotopic (exact) mass is 510 g/mol. The number of aromatic amines is 1. The van der Waals surface area contributed by atoms with Gasteiger partial charge in [-0.25, -0.2) is 15.0 Å². The van der Waals surface area contributed by atoms with E-state index in [1.807, 2.05) is 5.32 Å². The van der Waals surface area contributed by atoms with E-state index in [1.165, 1.54) is 28.3 Å². The van der Waals surface area contributed by atoms with E-state index < -0.39 is 37.0 Å². The van der Waals surface area contributed by atoms with E-state index >= 15 is 0 Å². The Morgan fingerprint density at radius 2 is 2.14 bits per heavy atom. The van der Waals surface area contributed by atoms with Crippen LogP contribution in [0.4, 0.5) is 19.0 Å². The molecule has 2 amide bonds. The number of carbonyl (C=O) groups excluding carboxylic acids is 2. The lowest BCUT2D eigenvalue weighted by Crippen LogP contribution is -2.61. The number of halogens is 4. The molecule has 1 fully saturated rings. The van der Waals surface area contributed by atoms with Crippen molar-refractivity contribution in [1.82, 2.24) is 30.2 Å². The number of carbonyl (C=O) groups is 2. The summed E-state index contributed by atoms with van der Waals surface area (Å²) in [5.74, 6) is -0.846. The van der Waals surface area contributed by atoms with Gasteiger partial charge in [0, 0.05) is 45.5 Å². The molecule has 1 saturated heterocycles. The Hall–Kier alpha value is -3.92. The Kier molecular flexibility index (Phi) is 6.74. The lowest BCUT2D eigenvalue weighted by Gasteiger charge is -2.41. The fraction of sp³-hybridized carbons (Fsp3) is 0.333. The molecular formula is C21H22ClF3N8O2. The minimum absolute atomic E-state index is 0. The Morgan fingerprint density at radius 3 is 2.89 bits per heavy atom. The van der Waals surface area contributed by atoms with Crippen LogP contribution < -0.4 is 10.2 Å². The largest absolute Gasteiger partial charge is 0.405 e. The summed E-state index contributed by atoms with van der Waals surface area (Å²) < 4.78 is 38.1. The van der Waals surface area contributed by atoms with Crippen LogP contribution in [0.2, 0.25) is 5.02 Å². The Bertz CT molecular complexity index is 1320. The second-order valence-electron chi connectivity index (χ2n) is 7.71. The number of nitrogens with one attached hydrogen (secondary N) is 2. The summed E-state index contributed by atoms with van der Waals surface area (Å²) in [6, 6.07) is 3.81. The SMILES string of the molecule is N#CCC(=O)N1CCN(c2ccnc(-c3c[nH]c4ncc(Cl)cc34)n2)[C@@H](C(=O)NCC(F)(F)F)C1.[HH].[HH]. The number of hydrogen-bond acceptors (Lipinski definition) is 7. The summed E-state index contributed by atoms with van der Waals surface area (Å²) in [4.78, 5) is 43.8. The van der Waals surface area contributed by atoms with E-state index in [0.717, 1.165) is 0 Å². The maximum Gasteiger partial charge on any atom is 0.405 e. The van der Waals surface area contributed by atoms with Crippen molar-refractivity contribution in [3.05, 3.63) is 35.7 Å². The number of fused-ring (bicyclic) bond motifs is 1. The smallest absolute Gasteiger partial charge is 0.345 e. The van der Waals surface area contributed by atoms with Crippen LogP contribution in [0, 0.1) is 11.3 Å². The molecule has 10 nitrogen and oxygen atoms in total. The molecule has 2 N–H and O–H groups in total. The van der Waals surface area contributed by atoms with Crippen molar-refractivity contribution < 1.29 is 25.6 Å². The summed E-state index contributed by atoms with van der Waals surface area (Å²) in [6.07, 6.45) is -0.395. The molecule has 14 heteroatoms. The van der Waals surface area contributed by atoms with Crippen LogP contribution in [0.15, 0.2) is 30.7 Å². The molecular weight excluding hydrogens is 489 g/mol. The van der Waals surface area contributed by atoms with Gasteiger partial charge < -0.3 is 20.1 Å². The van der Waals surface area contributed by atoms with Gasteiger partial charge in [0.05, 0.1) is 17.6 Å². The van der Waals surface area contributed by atoms with Crippen molar-refractivity contribution in [2.45, 2.75) is 18.6 Å². The topological polar surface area (TPSA) is 131 Å². The molecule has 1 aliphatic heterocycles. The van der Waals surface area contributed by atoms with Crippen molar-refractivity contribution in [2.75, 3.05) is 31.1 Å². The normalized spacial score (nSPS) is 16.3. The molecule has 35 heavy (non-hydrogen) atoms. The van der Waals surface area contributed by atoms with Crippen LogP contribution in [-0.4, -0.2) is 75.0 Å². The Labute approximate surface area is 204 Å². The van der Waals surface area contributed by atoms with Gasteiger partial charge in [-0.1, -0.05) is 11.6 Å². The number of pyridine rings is 1. The van der Waals surface area contributed by atoms with E-state index in [4.69, 9.17) is 16.9 Å². The van der Waals surface area contributed by atoms with Gasteiger partial charge in [-0.05, 0) is 12.1 Å². The first-order valence-corrected chi connectivity index (χ1v) is 10.8. The predicted octanol–water partition coefficient (Wildman–Crippen LogP) is 2.77. The molecule has 186 valence electrons. The molecule has 0 saturated carbocycles. The van der Waals surface area contributed by atoms with Gasteiger partial charge in [0.1, 0.15) is 30.5 Å². The molecule has 0 unspecified atom stereocenters. The third kappa shape index (κ3) is 5.43. The number of amides is 2. The fourth-order valence-electron chi connectivity index (χ4n) is 3.79. The minimum Gasteiger partial charge on any atom is -0.345 e. The van der Waals surface area contributed by atoms with E-state index in [0.29, 0.717) is 27.4 Å². The summed E-state index contributed by atoms with van der Waals surface area (Å²) in [5, 5.41) is 11.8. The Morgan fingerprint density at radius 1 is 1.34 bits per heavy atom. The summed E-state index contributed by atoms with van der Waals surface area (Å²) in [6.45, 7) is -1.44. The Balaban J connectivity index is 0.00000241. The second-order valence-corrected chi connectivity index (χ2v) is 8.14. The molecule has 4 rings (SSSR count). The zero-order valence-corrected chi connectivity index (χ0v) is 18.8. The summed E-state index contributed by atoms with van der Waals surface area (Å²) in [5.41, 5.74) is 1.16.